The molecule has 7 N–H and O–H groups in total. The third-order valence-electron chi connectivity index (χ3n) is 4.65. The lowest BCUT2D eigenvalue weighted by Crippen LogP contribution is -2.56. The molecule has 1 rings (SSSR count). The average Bonchev–Trinajstić information content (AvgIpc) is 3.09. The number of amides is 4. The van der Waals surface area contributed by atoms with Crippen LogP contribution in [-0.4, -0.2) is 70.3 Å². The van der Waals surface area contributed by atoms with Crippen molar-refractivity contribution < 1.29 is 29.1 Å². The van der Waals surface area contributed by atoms with Crippen LogP contribution in [0, 0.1) is 5.92 Å². The van der Waals surface area contributed by atoms with Crippen molar-refractivity contribution >= 4 is 29.6 Å². The van der Waals surface area contributed by atoms with E-state index in [1.165, 1.54) is 11.8 Å². The maximum atomic E-state index is 12.9. The summed E-state index contributed by atoms with van der Waals surface area (Å²) in [6, 6.07) is -4.02. The lowest BCUT2D eigenvalue weighted by atomic mass is 10.0. The number of likely N-dealkylation sites (tertiary alicyclic amines) is 1. The Labute approximate surface area is 169 Å². The van der Waals surface area contributed by atoms with Crippen molar-refractivity contribution in [3.8, 4) is 0 Å². The first-order valence-corrected chi connectivity index (χ1v) is 9.61. The lowest BCUT2D eigenvalue weighted by Gasteiger charge is -2.29. The maximum Gasteiger partial charge on any atom is 0.326 e. The van der Waals surface area contributed by atoms with Crippen LogP contribution in [0.25, 0.3) is 0 Å². The van der Waals surface area contributed by atoms with Crippen molar-refractivity contribution in [2.24, 2.45) is 17.4 Å². The second-order valence-electron chi connectivity index (χ2n) is 7.73. The SMILES string of the molecule is CC(C)CC(NC(=O)C(C)NC(=O)C(N)CC(N)=O)C(=O)N1CCCC1C(=O)O. The number of primary amides is 1. The van der Waals surface area contributed by atoms with Gasteiger partial charge in [0.25, 0.3) is 0 Å². The predicted octanol–water partition coefficient (Wildman–Crippen LogP) is -1.70. The Morgan fingerprint density at radius 3 is 2.24 bits per heavy atom. The van der Waals surface area contributed by atoms with Crippen LogP contribution in [0.3, 0.4) is 0 Å². The highest BCUT2D eigenvalue weighted by molar-refractivity contribution is 5.95. The molecule has 0 saturated carbocycles. The summed E-state index contributed by atoms with van der Waals surface area (Å²) in [4.78, 5) is 60.9. The van der Waals surface area contributed by atoms with E-state index in [4.69, 9.17) is 11.5 Å². The second-order valence-corrected chi connectivity index (χ2v) is 7.73. The number of carbonyl (C=O) groups is 5. The quantitative estimate of drug-likeness (QED) is 0.282. The van der Waals surface area contributed by atoms with Crippen LogP contribution in [-0.2, 0) is 24.0 Å². The topological polar surface area (TPSA) is 185 Å². The highest BCUT2D eigenvalue weighted by Gasteiger charge is 2.38. The first-order valence-electron chi connectivity index (χ1n) is 9.61. The van der Waals surface area contributed by atoms with Gasteiger partial charge in [0.2, 0.25) is 23.6 Å². The Kier molecular flexibility index (Phi) is 9.02. The normalized spacial score (nSPS) is 19.3. The fourth-order valence-electron chi connectivity index (χ4n) is 3.17. The number of nitrogens with two attached hydrogens (primary N) is 2. The van der Waals surface area contributed by atoms with Gasteiger partial charge in [-0.1, -0.05) is 13.8 Å². The number of carboxylic acids is 1. The van der Waals surface area contributed by atoms with E-state index in [0.29, 0.717) is 25.8 Å². The largest absolute Gasteiger partial charge is 0.480 e. The maximum absolute atomic E-state index is 12.9. The molecular formula is C18H31N5O6. The number of carbonyl (C=O) groups excluding carboxylic acids is 4. The first-order chi connectivity index (χ1) is 13.4. The monoisotopic (exact) mass is 413 g/mol. The molecule has 0 aromatic heterocycles. The van der Waals surface area contributed by atoms with Crippen LogP contribution >= 0.6 is 0 Å². The highest BCUT2D eigenvalue weighted by atomic mass is 16.4. The van der Waals surface area contributed by atoms with Crippen molar-refractivity contribution in [3.05, 3.63) is 0 Å². The van der Waals surface area contributed by atoms with Gasteiger partial charge in [0.05, 0.1) is 12.5 Å². The van der Waals surface area contributed by atoms with Crippen molar-refractivity contribution in [1.82, 2.24) is 15.5 Å². The molecule has 0 aromatic rings. The number of nitrogens with one attached hydrogen (secondary N) is 2. The zero-order valence-corrected chi connectivity index (χ0v) is 17.0. The molecule has 1 fully saturated rings. The van der Waals surface area contributed by atoms with Gasteiger partial charge < -0.3 is 32.1 Å². The number of nitrogens with zero attached hydrogens (tertiary/aromatic N) is 1. The van der Waals surface area contributed by atoms with Crippen molar-refractivity contribution in [1.29, 1.82) is 0 Å². The summed E-state index contributed by atoms with van der Waals surface area (Å²) < 4.78 is 0. The van der Waals surface area contributed by atoms with E-state index >= 15 is 0 Å². The van der Waals surface area contributed by atoms with E-state index in [9.17, 15) is 29.1 Å². The molecule has 4 amide bonds. The van der Waals surface area contributed by atoms with Crippen LogP contribution in [0.2, 0.25) is 0 Å². The average molecular weight is 413 g/mol. The van der Waals surface area contributed by atoms with Gasteiger partial charge in [0.15, 0.2) is 0 Å². The molecule has 0 spiro atoms. The molecule has 1 saturated heterocycles. The minimum absolute atomic E-state index is 0.0593. The van der Waals surface area contributed by atoms with Gasteiger partial charge in [0, 0.05) is 6.54 Å². The molecule has 11 heteroatoms. The molecule has 1 heterocycles. The third-order valence-corrected chi connectivity index (χ3v) is 4.65. The van der Waals surface area contributed by atoms with E-state index in [1.54, 1.807) is 0 Å². The molecule has 1 aliphatic heterocycles. The van der Waals surface area contributed by atoms with Crippen molar-refractivity contribution in [2.45, 2.75) is 70.6 Å². The number of hydrogen-bond acceptors (Lipinski definition) is 6. The van der Waals surface area contributed by atoms with E-state index in [2.05, 4.69) is 10.6 Å². The van der Waals surface area contributed by atoms with E-state index < -0.39 is 53.8 Å². The van der Waals surface area contributed by atoms with Gasteiger partial charge in [0.1, 0.15) is 18.1 Å². The van der Waals surface area contributed by atoms with Crippen LogP contribution in [0.15, 0.2) is 0 Å². The Balaban J connectivity index is 2.80. The summed E-state index contributed by atoms with van der Waals surface area (Å²) in [5, 5.41) is 14.3. The van der Waals surface area contributed by atoms with Gasteiger partial charge in [-0.25, -0.2) is 4.79 Å². The standard InChI is InChI=1S/C18H31N5O6/c1-9(2)7-12(17(27)23-6-4-5-13(23)18(28)29)22-15(25)10(3)21-16(26)11(19)8-14(20)24/h9-13H,4-8,19H2,1-3H3,(H2,20,24)(H,21,26)(H,22,25)(H,28,29). The fraction of sp³-hybridized carbons (Fsp3) is 0.722. The van der Waals surface area contributed by atoms with Gasteiger partial charge in [-0.05, 0) is 32.1 Å². The van der Waals surface area contributed by atoms with Crippen LogP contribution in [0.4, 0.5) is 0 Å². The molecule has 11 nitrogen and oxygen atoms in total. The molecule has 0 aliphatic carbocycles. The van der Waals surface area contributed by atoms with Crippen LogP contribution < -0.4 is 22.1 Å². The minimum Gasteiger partial charge on any atom is -0.480 e. The minimum atomic E-state index is -1.18. The van der Waals surface area contributed by atoms with Gasteiger partial charge in [-0.15, -0.1) is 0 Å². The van der Waals surface area contributed by atoms with Crippen molar-refractivity contribution in [2.75, 3.05) is 6.54 Å². The summed E-state index contributed by atoms with van der Waals surface area (Å²) in [7, 11) is 0. The summed E-state index contributed by atoms with van der Waals surface area (Å²) in [6.45, 7) is 5.48. The molecule has 164 valence electrons. The summed E-state index contributed by atoms with van der Waals surface area (Å²) >= 11 is 0. The summed E-state index contributed by atoms with van der Waals surface area (Å²) in [5.74, 6) is -3.55. The van der Waals surface area contributed by atoms with Gasteiger partial charge >= 0.3 is 5.97 Å². The Hall–Kier alpha value is -2.69. The molecule has 0 radical (unpaired) electrons. The van der Waals surface area contributed by atoms with Crippen molar-refractivity contribution in [3.63, 3.8) is 0 Å². The molecule has 1 aliphatic rings. The molecule has 29 heavy (non-hydrogen) atoms. The van der Waals surface area contributed by atoms with E-state index in [0.717, 1.165) is 0 Å². The number of rotatable bonds is 10. The Morgan fingerprint density at radius 2 is 1.72 bits per heavy atom. The predicted molar refractivity (Wildman–Crippen MR) is 103 cm³/mol. The van der Waals surface area contributed by atoms with E-state index in [-0.39, 0.29) is 12.3 Å². The lowest BCUT2D eigenvalue weighted by molar-refractivity contribution is -0.149. The zero-order chi connectivity index (χ0) is 22.3. The van der Waals surface area contributed by atoms with Crippen LogP contribution in [0.5, 0.6) is 0 Å². The number of carboxylic acid groups (broad SMARTS) is 1. The fourth-order valence-corrected chi connectivity index (χ4v) is 3.17. The first kappa shape index (κ1) is 24.3. The summed E-state index contributed by atoms with van der Waals surface area (Å²) in [6.07, 6.45) is 0.901. The van der Waals surface area contributed by atoms with Gasteiger partial charge in [-0.2, -0.15) is 0 Å². The van der Waals surface area contributed by atoms with Gasteiger partial charge in [-0.3, -0.25) is 19.2 Å². The number of hydrogen-bond donors (Lipinski definition) is 5. The summed E-state index contributed by atoms with van der Waals surface area (Å²) in [5.41, 5.74) is 10.5. The van der Waals surface area contributed by atoms with Crippen LogP contribution in [0.1, 0.15) is 46.5 Å². The second kappa shape index (κ2) is 10.7. The Bertz CT molecular complexity index is 653. The zero-order valence-electron chi connectivity index (χ0n) is 17.0. The number of aliphatic carboxylic acids is 1. The molecule has 0 aromatic carbocycles. The molecule has 0 bridgehead atoms. The third kappa shape index (κ3) is 7.33. The van der Waals surface area contributed by atoms with E-state index in [1.807, 2.05) is 13.8 Å². The molecule has 4 unspecified atom stereocenters. The Morgan fingerprint density at radius 1 is 1.10 bits per heavy atom. The smallest absolute Gasteiger partial charge is 0.326 e. The highest BCUT2D eigenvalue weighted by Crippen LogP contribution is 2.20. The molecule has 4 atom stereocenters. The molecular weight excluding hydrogens is 382 g/mol.